The molecule has 0 aromatic carbocycles. The Kier molecular flexibility index (Phi) is 4.93. The summed E-state index contributed by atoms with van der Waals surface area (Å²) < 4.78 is 43.7. The molecule has 1 fully saturated rings. The number of esters is 1. The summed E-state index contributed by atoms with van der Waals surface area (Å²) in [7, 11) is 1.22. The minimum atomic E-state index is -4.27. The Morgan fingerprint density at radius 1 is 1.57 bits per heavy atom. The maximum atomic E-state index is 13.0. The molecule has 0 aliphatic heterocycles. The van der Waals surface area contributed by atoms with Gasteiger partial charge in [-0.05, 0) is 30.7 Å². The summed E-state index contributed by atoms with van der Waals surface area (Å²) in [4.78, 5) is 13.1. The highest BCUT2D eigenvalue weighted by molar-refractivity contribution is 7.09. The predicted octanol–water partition coefficient (Wildman–Crippen LogP) is 3.50. The first-order valence-corrected chi connectivity index (χ1v) is 7.68. The Labute approximate surface area is 125 Å². The van der Waals surface area contributed by atoms with Crippen LogP contribution in [0.2, 0.25) is 0 Å². The van der Waals surface area contributed by atoms with Crippen LogP contribution in [0.3, 0.4) is 0 Å². The molecule has 2 unspecified atom stereocenters. The van der Waals surface area contributed by atoms with Crippen LogP contribution >= 0.6 is 11.3 Å². The molecule has 1 aliphatic carbocycles. The topological polar surface area (TPSA) is 38.3 Å². The SMILES string of the molecule is COC(=O)C1(NCc2cccs2)CCCC(C(F)(F)F)C1. The van der Waals surface area contributed by atoms with E-state index in [-0.39, 0.29) is 12.8 Å². The molecule has 118 valence electrons. The normalized spacial score (nSPS) is 26.6. The van der Waals surface area contributed by atoms with Crippen LogP contribution in [-0.2, 0) is 16.1 Å². The van der Waals surface area contributed by atoms with Gasteiger partial charge in [0.15, 0.2) is 0 Å². The predicted molar refractivity (Wildman–Crippen MR) is 73.9 cm³/mol. The first-order valence-electron chi connectivity index (χ1n) is 6.80. The van der Waals surface area contributed by atoms with Crippen LogP contribution in [0.1, 0.15) is 30.6 Å². The molecule has 7 heteroatoms. The monoisotopic (exact) mass is 321 g/mol. The summed E-state index contributed by atoms with van der Waals surface area (Å²) >= 11 is 1.50. The van der Waals surface area contributed by atoms with Crippen molar-refractivity contribution in [1.82, 2.24) is 5.32 Å². The lowest BCUT2D eigenvalue weighted by Gasteiger charge is -2.39. The number of carbonyl (C=O) groups is 1. The average molecular weight is 321 g/mol. The number of ether oxygens (including phenoxy) is 1. The van der Waals surface area contributed by atoms with Crippen molar-refractivity contribution in [3.05, 3.63) is 22.4 Å². The van der Waals surface area contributed by atoms with E-state index >= 15 is 0 Å². The summed E-state index contributed by atoms with van der Waals surface area (Å²) in [5.74, 6) is -2.06. The van der Waals surface area contributed by atoms with Crippen LogP contribution < -0.4 is 5.32 Å². The van der Waals surface area contributed by atoms with Crippen LogP contribution in [0.15, 0.2) is 17.5 Å². The number of halogens is 3. The maximum absolute atomic E-state index is 13.0. The van der Waals surface area contributed by atoms with Crippen molar-refractivity contribution in [2.75, 3.05) is 7.11 Å². The fourth-order valence-electron chi connectivity index (χ4n) is 2.84. The van der Waals surface area contributed by atoms with E-state index in [2.05, 4.69) is 5.32 Å². The lowest BCUT2D eigenvalue weighted by molar-refractivity contribution is -0.192. The van der Waals surface area contributed by atoms with Gasteiger partial charge in [0.25, 0.3) is 0 Å². The van der Waals surface area contributed by atoms with Crippen molar-refractivity contribution >= 4 is 17.3 Å². The minimum Gasteiger partial charge on any atom is -0.468 e. The highest BCUT2D eigenvalue weighted by Gasteiger charge is 2.51. The number of thiophene rings is 1. The summed E-state index contributed by atoms with van der Waals surface area (Å²) in [6.45, 7) is 0.372. The van der Waals surface area contributed by atoms with E-state index in [4.69, 9.17) is 4.74 Å². The number of alkyl halides is 3. The van der Waals surface area contributed by atoms with Gasteiger partial charge in [-0.25, -0.2) is 0 Å². The van der Waals surface area contributed by atoms with Gasteiger partial charge in [0.05, 0.1) is 13.0 Å². The molecule has 0 bridgehead atoms. The second-order valence-corrected chi connectivity index (χ2v) is 6.37. The molecule has 1 saturated carbocycles. The third-order valence-corrected chi connectivity index (χ3v) is 4.85. The van der Waals surface area contributed by atoms with Gasteiger partial charge < -0.3 is 4.74 Å². The molecule has 2 atom stereocenters. The maximum Gasteiger partial charge on any atom is 0.391 e. The second kappa shape index (κ2) is 6.36. The van der Waals surface area contributed by atoms with Gasteiger partial charge in [0, 0.05) is 11.4 Å². The Morgan fingerprint density at radius 2 is 2.33 bits per heavy atom. The average Bonchev–Trinajstić information content (AvgIpc) is 2.97. The third-order valence-electron chi connectivity index (χ3n) is 3.97. The molecular weight excluding hydrogens is 303 g/mol. The Morgan fingerprint density at radius 3 is 2.90 bits per heavy atom. The second-order valence-electron chi connectivity index (χ2n) is 5.34. The van der Waals surface area contributed by atoms with E-state index < -0.39 is 23.6 Å². The van der Waals surface area contributed by atoms with E-state index in [1.54, 1.807) is 0 Å². The molecule has 1 heterocycles. The molecule has 2 rings (SSSR count). The van der Waals surface area contributed by atoms with E-state index in [0.29, 0.717) is 19.4 Å². The highest BCUT2D eigenvalue weighted by atomic mass is 32.1. The van der Waals surface area contributed by atoms with Crippen LogP contribution in [0.25, 0.3) is 0 Å². The smallest absolute Gasteiger partial charge is 0.391 e. The van der Waals surface area contributed by atoms with Gasteiger partial charge >= 0.3 is 12.1 Å². The van der Waals surface area contributed by atoms with Crippen LogP contribution in [0.5, 0.6) is 0 Å². The Hall–Kier alpha value is -1.08. The largest absolute Gasteiger partial charge is 0.468 e. The van der Waals surface area contributed by atoms with Gasteiger partial charge in [0.1, 0.15) is 5.54 Å². The van der Waals surface area contributed by atoms with E-state index in [9.17, 15) is 18.0 Å². The minimum absolute atomic E-state index is 0.0723. The van der Waals surface area contributed by atoms with Crippen molar-refractivity contribution in [2.45, 2.75) is 43.9 Å². The van der Waals surface area contributed by atoms with Gasteiger partial charge in [-0.2, -0.15) is 13.2 Å². The number of methoxy groups -OCH3 is 1. The number of nitrogens with one attached hydrogen (secondary N) is 1. The highest BCUT2D eigenvalue weighted by Crippen LogP contribution is 2.42. The lowest BCUT2D eigenvalue weighted by Crippen LogP contribution is -2.56. The number of rotatable bonds is 4. The zero-order chi connectivity index (χ0) is 15.5. The van der Waals surface area contributed by atoms with Crippen molar-refractivity contribution < 1.29 is 22.7 Å². The first-order chi connectivity index (χ1) is 9.87. The molecule has 1 aromatic rings. The third kappa shape index (κ3) is 3.77. The van der Waals surface area contributed by atoms with Gasteiger partial charge in [-0.15, -0.1) is 11.3 Å². The van der Waals surface area contributed by atoms with Crippen molar-refractivity contribution in [1.29, 1.82) is 0 Å². The molecule has 0 amide bonds. The summed E-state index contributed by atoms with van der Waals surface area (Å²) in [5, 5.41) is 4.92. The zero-order valence-electron chi connectivity index (χ0n) is 11.7. The molecule has 0 saturated heterocycles. The fraction of sp³-hybridized carbons (Fsp3) is 0.643. The van der Waals surface area contributed by atoms with Crippen LogP contribution in [-0.4, -0.2) is 24.8 Å². The van der Waals surface area contributed by atoms with E-state index in [1.165, 1.54) is 18.4 Å². The van der Waals surface area contributed by atoms with Gasteiger partial charge in [-0.3, -0.25) is 10.1 Å². The van der Waals surface area contributed by atoms with Crippen LogP contribution in [0, 0.1) is 5.92 Å². The lowest BCUT2D eigenvalue weighted by atomic mass is 9.75. The molecule has 1 aromatic heterocycles. The molecule has 1 N–H and O–H groups in total. The van der Waals surface area contributed by atoms with E-state index in [0.717, 1.165) is 4.88 Å². The quantitative estimate of drug-likeness (QED) is 0.863. The molecular formula is C14H18F3NO2S. The van der Waals surface area contributed by atoms with E-state index in [1.807, 2.05) is 17.5 Å². The number of hydrogen-bond acceptors (Lipinski definition) is 4. The van der Waals surface area contributed by atoms with Gasteiger partial charge in [-0.1, -0.05) is 12.5 Å². The number of carbonyl (C=O) groups excluding carboxylic acids is 1. The zero-order valence-corrected chi connectivity index (χ0v) is 12.5. The fourth-order valence-corrected chi connectivity index (χ4v) is 3.48. The summed E-state index contributed by atoms with van der Waals surface area (Å²) in [6.07, 6.45) is -3.73. The molecule has 21 heavy (non-hydrogen) atoms. The van der Waals surface area contributed by atoms with Crippen LogP contribution in [0.4, 0.5) is 13.2 Å². The standard InChI is InChI=1S/C14H18F3NO2S/c1-20-12(19)13(18-9-11-5-3-7-21-11)6-2-4-10(8-13)14(15,16)17/h3,5,7,10,18H,2,4,6,8-9H2,1H3. The van der Waals surface area contributed by atoms with Crippen molar-refractivity contribution in [2.24, 2.45) is 5.92 Å². The summed E-state index contributed by atoms with van der Waals surface area (Å²) in [6, 6.07) is 3.75. The summed E-state index contributed by atoms with van der Waals surface area (Å²) in [5.41, 5.74) is -1.24. The Balaban J connectivity index is 2.14. The van der Waals surface area contributed by atoms with Crippen molar-refractivity contribution in [3.63, 3.8) is 0 Å². The molecule has 0 spiro atoms. The first kappa shape index (κ1) is 16.3. The number of hydrogen-bond donors (Lipinski definition) is 1. The Bertz CT molecular complexity index is 475. The molecule has 1 aliphatic rings. The molecule has 0 radical (unpaired) electrons. The molecule has 3 nitrogen and oxygen atoms in total. The van der Waals surface area contributed by atoms with Crippen molar-refractivity contribution in [3.8, 4) is 0 Å². The van der Waals surface area contributed by atoms with Gasteiger partial charge in [0.2, 0.25) is 0 Å².